The Labute approximate surface area is 204 Å². The van der Waals surface area contributed by atoms with Crippen LogP contribution in [0.1, 0.15) is 15.9 Å². The van der Waals surface area contributed by atoms with Crippen molar-refractivity contribution in [2.45, 2.75) is 11.8 Å². The summed E-state index contributed by atoms with van der Waals surface area (Å²) in [5.41, 5.74) is 2.50. The van der Waals surface area contributed by atoms with Gasteiger partial charge in [-0.2, -0.15) is 0 Å². The fourth-order valence-corrected chi connectivity index (χ4v) is 4.29. The summed E-state index contributed by atoms with van der Waals surface area (Å²) in [6, 6.07) is 17.1. The van der Waals surface area contributed by atoms with Crippen LogP contribution in [0.15, 0.2) is 84.3 Å². The van der Waals surface area contributed by atoms with Crippen molar-refractivity contribution in [2.75, 3.05) is 29.0 Å². The molecule has 9 nitrogen and oxygen atoms in total. The molecule has 0 aliphatic heterocycles. The Morgan fingerprint density at radius 2 is 1.51 bits per heavy atom. The van der Waals surface area contributed by atoms with Gasteiger partial charge in [-0.05, 0) is 61.5 Å². The molecule has 3 amide bonds. The van der Waals surface area contributed by atoms with E-state index in [1.54, 1.807) is 54.6 Å². The number of carbonyl (C=O) groups excluding carboxylic acids is 2. The van der Waals surface area contributed by atoms with Crippen molar-refractivity contribution in [3.8, 4) is 5.75 Å². The molecule has 0 heterocycles. The summed E-state index contributed by atoms with van der Waals surface area (Å²) in [4.78, 5) is 24.4. The van der Waals surface area contributed by atoms with Crippen molar-refractivity contribution >= 4 is 39.0 Å². The first-order chi connectivity index (χ1) is 16.7. The number of ether oxygens (including phenoxy) is 1. The van der Waals surface area contributed by atoms with Gasteiger partial charge in [-0.1, -0.05) is 23.8 Å². The van der Waals surface area contributed by atoms with Crippen molar-refractivity contribution in [3.63, 3.8) is 0 Å². The van der Waals surface area contributed by atoms with E-state index in [0.717, 1.165) is 5.56 Å². The molecule has 10 heteroatoms. The molecule has 0 radical (unpaired) electrons. The molecule has 0 unspecified atom stereocenters. The number of methoxy groups -OCH3 is 1. The SMILES string of the molecule is C=CCNC(=O)Nc1ccc(NC(=O)c2ccc(OC)c(S(=O)(=O)Nc3ccc(C)cc3)c2)cc1. The molecule has 0 fully saturated rings. The number of aryl methyl sites for hydroxylation is 1. The smallest absolute Gasteiger partial charge is 0.319 e. The lowest BCUT2D eigenvalue weighted by molar-refractivity contribution is 0.102. The molecule has 0 aromatic heterocycles. The van der Waals surface area contributed by atoms with Gasteiger partial charge in [-0.25, -0.2) is 13.2 Å². The molecule has 4 N–H and O–H groups in total. The minimum atomic E-state index is -4.03. The number of hydrogen-bond acceptors (Lipinski definition) is 5. The standard InChI is InChI=1S/C25H26N4O5S/c1-4-15-26-25(31)28-20-12-10-19(11-13-20)27-24(30)18-7-14-22(34-3)23(16-18)35(32,33)29-21-8-5-17(2)6-9-21/h4-14,16,29H,1,15H2,2-3H3,(H,27,30)(H2,26,28,31). The summed E-state index contributed by atoms with van der Waals surface area (Å²) in [5, 5.41) is 7.95. The first-order valence-corrected chi connectivity index (χ1v) is 12.0. The normalized spacial score (nSPS) is 10.7. The van der Waals surface area contributed by atoms with E-state index in [9.17, 15) is 18.0 Å². The van der Waals surface area contributed by atoms with Crippen LogP contribution in [-0.2, 0) is 10.0 Å². The number of amides is 3. The number of sulfonamides is 1. The van der Waals surface area contributed by atoms with Gasteiger partial charge in [0.05, 0.1) is 7.11 Å². The van der Waals surface area contributed by atoms with Crippen LogP contribution in [0.5, 0.6) is 5.75 Å². The molecule has 0 aliphatic carbocycles. The number of rotatable bonds is 9. The lowest BCUT2D eigenvalue weighted by Gasteiger charge is -2.14. The molecule has 0 atom stereocenters. The summed E-state index contributed by atoms with van der Waals surface area (Å²) in [7, 11) is -2.67. The lowest BCUT2D eigenvalue weighted by atomic mass is 10.2. The van der Waals surface area contributed by atoms with Crippen LogP contribution in [-0.4, -0.2) is 34.0 Å². The fraction of sp³-hybridized carbons (Fsp3) is 0.120. The Morgan fingerprint density at radius 3 is 2.11 bits per heavy atom. The average Bonchev–Trinajstić information content (AvgIpc) is 2.84. The van der Waals surface area contributed by atoms with E-state index >= 15 is 0 Å². The number of anilines is 3. The van der Waals surface area contributed by atoms with Gasteiger partial charge >= 0.3 is 6.03 Å². The topological polar surface area (TPSA) is 126 Å². The summed E-state index contributed by atoms with van der Waals surface area (Å²) in [6.45, 7) is 5.76. The maximum absolute atomic E-state index is 13.0. The van der Waals surface area contributed by atoms with Gasteiger partial charge in [0.2, 0.25) is 0 Å². The number of carbonyl (C=O) groups is 2. The second-order valence-electron chi connectivity index (χ2n) is 7.49. The third-order valence-electron chi connectivity index (χ3n) is 4.83. The zero-order valence-electron chi connectivity index (χ0n) is 19.3. The Kier molecular flexibility index (Phi) is 8.11. The van der Waals surface area contributed by atoms with Crippen molar-refractivity contribution < 1.29 is 22.7 Å². The van der Waals surface area contributed by atoms with Crippen LogP contribution in [0.4, 0.5) is 21.9 Å². The number of nitrogens with one attached hydrogen (secondary N) is 4. The Bertz CT molecular complexity index is 1320. The van der Waals surface area contributed by atoms with Crippen LogP contribution in [0, 0.1) is 6.92 Å². The maximum Gasteiger partial charge on any atom is 0.319 e. The molecule has 182 valence electrons. The van der Waals surface area contributed by atoms with Gasteiger partial charge in [0, 0.05) is 29.2 Å². The molecule has 35 heavy (non-hydrogen) atoms. The Balaban J connectivity index is 1.76. The van der Waals surface area contributed by atoms with Gasteiger partial charge < -0.3 is 20.7 Å². The van der Waals surface area contributed by atoms with Gasteiger partial charge in [-0.15, -0.1) is 6.58 Å². The van der Waals surface area contributed by atoms with Crippen LogP contribution in [0.2, 0.25) is 0 Å². The number of hydrogen-bond donors (Lipinski definition) is 4. The van der Waals surface area contributed by atoms with E-state index in [1.165, 1.54) is 25.3 Å². The zero-order chi connectivity index (χ0) is 25.4. The van der Waals surface area contributed by atoms with Crippen LogP contribution in [0.25, 0.3) is 0 Å². The van der Waals surface area contributed by atoms with E-state index in [2.05, 4.69) is 27.3 Å². The largest absolute Gasteiger partial charge is 0.495 e. The minimum absolute atomic E-state index is 0.103. The third kappa shape index (κ3) is 6.84. The van der Waals surface area contributed by atoms with Gasteiger partial charge in [0.15, 0.2) is 0 Å². The highest BCUT2D eigenvalue weighted by Gasteiger charge is 2.22. The monoisotopic (exact) mass is 494 g/mol. The number of urea groups is 1. The predicted molar refractivity (Wildman–Crippen MR) is 137 cm³/mol. The second kappa shape index (κ2) is 11.2. The van der Waals surface area contributed by atoms with Gasteiger partial charge in [0.25, 0.3) is 15.9 Å². The van der Waals surface area contributed by atoms with Crippen molar-refractivity contribution in [2.24, 2.45) is 0 Å². The van der Waals surface area contributed by atoms with E-state index in [4.69, 9.17) is 4.74 Å². The first kappa shape index (κ1) is 25.3. The summed E-state index contributed by atoms with van der Waals surface area (Å²) < 4.78 is 33.8. The highest BCUT2D eigenvalue weighted by atomic mass is 32.2. The minimum Gasteiger partial charge on any atom is -0.495 e. The van der Waals surface area contributed by atoms with Crippen LogP contribution < -0.4 is 25.4 Å². The molecular formula is C25H26N4O5S. The Hall–Kier alpha value is -4.31. The van der Waals surface area contributed by atoms with Gasteiger partial charge in [-0.3, -0.25) is 9.52 Å². The fourth-order valence-electron chi connectivity index (χ4n) is 3.04. The highest BCUT2D eigenvalue weighted by molar-refractivity contribution is 7.92. The first-order valence-electron chi connectivity index (χ1n) is 10.6. The molecule has 0 bridgehead atoms. The third-order valence-corrected chi connectivity index (χ3v) is 6.23. The Morgan fingerprint density at radius 1 is 0.914 bits per heavy atom. The van der Waals surface area contributed by atoms with Gasteiger partial charge in [0.1, 0.15) is 10.6 Å². The van der Waals surface area contributed by atoms with E-state index in [-0.39, 0.29) is 22.2 Å². The molecule has 3 aromatic rings. The molecule has 0 spiro atoms. The second-order valence-corrected chi connectivity index (χ2v) is 9.14. The molecule has 0 aliphatic rings. The van der Waals surface area contributed by atoms with Crippen LogP contribution in [0.3, 0.4) is 0 Å². The zero-order valence-corrected chi connectivity index (χ0v) is 20.1. The molecule has 3 rings (SSSR count). The summed E-state index contributed by atoms with van der Waals surface area (Å²) in [6.07, 6.45) is 1.56. The molecular weight excluding hydrogens is 468 g/mol. The van der Waals surface area contributed by atoms with E-state index in [0.29, 0.717) is 23.6 Å². The van der Waals surface area contributed by atoms with E-state index < -0.39 is 15.9 Å². The molecule has 0 saturated carbocycles. The lowest BCUT2D eigenvalue weighted by Crippen LogP contribution is -2.28. The van der Waals surface area contributed by atoms with E-state index in [1.807, 2.05) is 6.92 Å². The van der Waals surface area contributed by atoms with Crippen molar-refractivity contribution in [3.05, 3.63) is 90.5 Å². The average molecular weight is 495 g/mol. The number of benzene rings is 3. The van der Waals surface area contributed by atoms with Crippen molar-refractivity contribution in [1.29, 1.82) is 0 Å². The molecule has 0 saturated heterocycles. The van der Waals surface area contributed by atoms with Crippen LogP contribution >= 0.6 is 0 Å². The quantitative estimate of drug-likeness (QED) is 0.329. The van der Waals surface area contributed by atoms with Crippen molar-refractivity contribution in [1.82, 2.24) is 5.32 Å². The predicted octanol–water partition coefficient (Wildman–Crippen LogP) is 4.36. The maximum atomic E-state index is 13.0. The highest BCUT2D eigenvalue weighted by Crippen LogP contribution is 2.27. The summed E-state index contributed by atoms with van der Waals surface area (Å²) >= 11 is 0. The molecule has 3 aromatic carbocycles. The summed E-state index contributed by atoms with van der Waals surface area (Å²) in [5.74, 6) is -0.407.